The van der Waals surface area contributed by atoms with Crippen molar-refractivity contribution < 1.29 is 9.53 Å². The number of benzene rings is 1. The Morgan fingerprint density at radius 1 is 1.21 bits per heavy atom. The van der Waals surface area contributed by atoms with Gasteiger partial charge in [0.15, 0.2) is 0 Å². The Morgan fingerprint density at radius 3 is 2.50 bits per heavy atom. The molecule has 0 saturated carbocycles. The second kappa shape index (κ2) is 9.05. The average Bonchev–Trinajstić information content (AvgIpc) is 2.61. The SMILES string of the molecule is Cc1cc(C)c(CN(C=O)/C=C\c2cc(C#N)c(OC(C)C)cc2C)c(=O)[nH]1. The zero-order valence-corrected chi connectivity index (χ0v) is 16.9. The first kappa shape index (κ1) is 21.0. The molecule has 2 aromatic rings. The van der Waals surface area contributed by atoms with Crippen molar-refractivity contribution in [3.8, 4) is 11.8 Å². The summed E-state index contributed by atoms with van der Waals surface area (Å²) >= 11 is 0. The molecule has 1 amide bonds. The van der Waals surface area contributed by atoms with E-state index in [0.29, 0.717) is 23.3 Å². The zero-order valence-electron chi connectivity index (χ0n) is 16.9. The number of aryl methyl sites for hydroxylation is 3. The van der Waals surface area contributed by atoms with Crippen molar-refractivity contribution in [1.82, 2.24) is 9.88 Å². The number of hydrogen-bond acceptors (Lipinski definition) is 4. The lowest BCUT2D eigenvalue weighted by atomic mass is 10.0. The van der Waals surface area contributed by atoms with Crippen molar-refractivity contribution in [2.45, 2.75) is 47.3 Å². The van der Waals surface area contributed by atoms with Crippen LogP contribution in [0.25, 0.3) is 6.08 Å². The summed E-state index contributed by atoms with van der Waals surface area (Å²) < 4.78 is 5.68. The van der Waals surface area contributed by atoms with E-state index in [1.807, 2.05) is 46.8 Å². The van der Waals surface area contributed by atoms with Crippen LogP contribution in [0.5, 0.6) is 5.75 Å². The van der Waals surface area contributed by atoms with Gasteiger partial charge in [0, 0.05) is 17.5 Å². The zero-order chi connectivity index (χ0) is 20.8. The first-order valence-corrected chi connectivity index (χ1v) is 9.05. The largest absolute Gasteiger partial charge is 0.490 e. The number of H-pyrrole nitrogens is 1. The van der Waals surface area contributed by atoms with Crippen molar-refractivity contribution in [2.75, 3.05) is 0 Å². The van der Waals surface area contributed by atoms with Crippen LogP contribution in [0, 0.1) is 32.1 Å². The lowest BCUT2D eigenvalue weighted by molar-refractivity contribution is -0.116. The maximum Gasteiger partial charge on any atom is 0.253 e. The van der Waals surface area contributed by atoms with Crippen LogP contribution >= 0.6 is 0 Å². The highest BCUT2D eigenvalue weighted by Gasteiger charge is 2.11. The highest BCUT2D eigenvalue weighted by molar-refractivity contribution is 5.62. The van der Waals surface area contributed by atoms with E-state index in [1.165, 1.54) is 4.90 Å². The van der Waals surface area contributed by atoms with Gasteiger partial charge >= 0.3 is 0 Å². The van der Waals surface area contributed by atoms with Gasteiger partial charge in [-0.05, 0) is 75.6 Å². The lowest BCUT2D eigenvalue weighted by Gasteiger charge is -2.15. The fourth-order valence-corrected chi connectivity index (χ4v) is 2.88. The number of ether oxygens (including phenoxy) is 1. The molecule has 146 valence electrons. The van der Waals surface area contributed by atoms with Gasteiger partial charge in [0.1, 0.15) is 11.8 Å². The summed E-state index contributed by atoms with van der Waals surface area (Å²) in [6.45, 7) is 9.55. The van der Waals surface area contributed by atoms with Gasteiger partial charge in [0.25, 0.3) is 5.56 Å². The number of aromatic amines is 1. The molecule has 28 heavy (non-hydrogen) atoms. The predicted octanol–water partition coefficient (Wildman–Crippen LogP) is 3.59. The monoisotopic (exact) mass is 379 g/mol. The van der Waals surface area contributed by atoms with E-state index >= 15 is 0 Å². The van der Waals surface area contributed by atoms with E-state index in [4.69, 9.17) is 4.74 Å². The minimum Gasteiger partial charge on any atom is -0.490 e. The Labute approximate surface area is 165 Å². The number of nitrogens with zero attached hydrogens (tertiary/aromatic N) is 2. The Hall–Kier alpha value is -3.33. The molecule has 1 aromatic heterocycles. The van der Waals surface area contributed by atoms with E-state index in [0.717, 1.165) is 22.4 Å². The van der Waals surface area contributed by atoms with Crippen molar-refractivity contribution >= 4 is 12.5 Å². The van der Waals surface area contributed by atoms with Gasteiger partial charge < -0.3 is 14.6 Å². The maximum absolute atomic E-state index is 12.2. The van der Waals surface area contributed by atoms with Gasteiger partial charge in [-0.1, -0.05) is 0 Å². The quantitative estimate of drug-likeness (QED) is 0.745. The first-order valence-electron chi connectivity index (χ1n) is 9.05. The number of carbonyl (C=O) groups is 1. The summed E-state index contributed by atoms with van der Waals surface area (Å²) in [5, 5.41) is 9.39. The topological polar surface area (TPSA) is 86.2 Å². The fraction of sp³-hybridized carbons (Fsp3) is 0.318. The molecule has 0 fully saturated rings. The van der Waals surface area contributed by atoms with Crippen LogP contribution < -0.4 is 10.3 Å². The van der Waals surface area contributed by atoms with E-state index < -0.39 is 0 Å². The summed E-state index contributed by atoms with van der Waals surface area (Å²) in [5.41, 5.74) is 4.10. The molecule has 1 heterocycles. The third-order valence-electron chi connectivity index (χ3n) is 4.27. The first-order chi connectivity index (χ1) is 13.2. The molecular weight excluding hydrogens is 354 g/mol. The van der Waals surface area contributed by atoms with Crippen LogP contribution in [0.15, 0.2) is 29.2 Å². The molecule has 6 nitrogen and oxygen atoms in total. The minimum absolute atomic E-state index is 0.0331. The number of hydrogen-bond donors (Lipinski definition) is 1. The molecule has 6 heteroatoms. The maximum atomic E-state index is 12.2. The number of aromatic nitrogens is 1. The van der Waals surface area contributed by atoms with Gasteiger partial charge in [-0.3, -0.25) is 9.59 Å². The average molecular weight is 379 g/mol. The Bertz CT molecular complexity index is 997. The van der Waals surface area contributed by atoms with Gasteiger partial charge in [-0.2, -0.15) is 5.26 Å². The van der Waals surface area contributed by atoms with E-state index in [1.54, 1.807) is 18.3 Å². The molecular formula is C22H25N3O3. The molecule has 0 aliphatic carbocycles. The van der Waals surface area contributed by atoms with Crippen molar-refractivity contribution in [3.63, 3.8) is 0 Å². The number of amides is 1. The summed E-state index contributed by atoms with van der Waals surface area (Å²) in [6, 6.07) is 7.57. The summed E-state index contributed by atoms with van der Waals surface area (Å²) in [6.07, 6.45) is 4.00. The van der Waals surface area contributed by atoms with Crippen LogP contribution in [-0.4, -0.2) is 22.4 Å². The summed E-state index contributed by atoms with van der Waals surface area (Å²) in [7, 11) is 0. The molecule has 2 rings (SSSR count). The van der Waals surface area contributed by atoms with Crippen LogP contribution in [0.4, 0.5) is 0 Å². The standard InChI is InChI=1S/C22H25N3O3/c1-14(2)28-21-9-15(3)18(10-19(21)11-23)6-7-25(13-26)12-20-16(4)8-17(5)24-22(20)27/h6-10,13-14H,12H2,1-5H3,(H,24,27)/b7-6-. The Morgan fingerprint density at radius 2 is 1.93 bits per heavy atom. The van der Waals surface area contributed by atoms with Gasteiger partial charge in [0.05, 0.1) is 18.2 Å². The fourth-order valence-electron chi connectivity index (χ4n) is 2.88. The van der Waals surface area contributed by atoms with Gasteiger partial charge in [0.2, 0.25) is 6.41 Å². The highest BCUT2D eigenvalue weighted by Crippen LogP contribution is 2.25. The minimum atomic E-state index is -0.198. The van der Waals surface area contributed by atoms with Gasteiger partial charge in [-0.15, -0.1) is 0 Å². The van der Waals surface area contributed by atoms with Crippen molar-refractivity contribution in [3.05, 3.63) is 68.3 Å². The smallest absolute Gasteiger partial charge is 0.253 e. The number of carbonyl (C=O) groups excluding carboxylic acids is 1. The molecule has 0 unspecified atom stereocenters. The van der Waals surface area contributed by atoms with Crippen molar-refractivity contribution in [1.29, 1.82) is 5.26 Å². The molecule has 0 saturated heterocycles. The van der Waals surface area contributed by atoms with Crippen LogP contribution in [-0.2, 0) is 11.3 Å². The lowest BCUT2D eigenvalue weighted by Crippen LogP contribution is -2.23. The number of nitriles is 1. The second-order valence-corrected chi connectivity index (χ2v) is 7.02. The molecule has 0 aliphatic rings. The van der Waals surface area contributed by atoms with Crippen molar-refractivity contribution in [2.24, 2.45) is 0 Å². The Kier molecular flexibility index (Phi) is 6.78. The predicted molar refractivity (Wildman–Crippen MR) is 109 cm³/mol. The van der Waals surface area contributed by atoms with Gasteiger partial charge in [-0.25, -0.2) is 0 Å². The number of pyridine rings is 1. The molecule has 1 N–H and O–H groups in total. The molecule has 0 bridgehead atoms. The van der Waals surface area contributed by atoms with E-state index in [-0.39, 0.29) is 18.2 Å². The molecule has 1 aromatic carbocycles. The Balaban J connectivity index is 2.29. The second-order valence-electron chi connectivity index (χ2n) is 7.02. The highest BCUT2D eigenvalue weighted by atomic mass is 16.5. The van der Waals surface area contributed by atoms with E-state index in [9.17, 15) is 14.9 Å². The number of nitrogens with one attached hydrogen (secondary N) is 1. The third kappa shape index (κ3) is 5.10. The molecule has 0 aliphatic heterocycles. The number of rotatable bonds is 7. The van der Waals surface area contributed by atoms with Crippen LogP contribution in [0.3, 0.4) is 0 Å². The molecule has 0 atom stereocenters. The summed E-state index contributed by atoms with van der Waals surface area (Å²) in [5.74, 6) is 0.543. The summed E-state index contributed by atoms with van der Waals surface area (Å²) in [4.78, 5) is 27.8. The van der Waals surface area contributed by atoms with Crippen LogP contribution in [0.2, 0.25) is 0 Å². The van der Waals surface area contributed by atoms with Crippen LogP contribution in [0.1, 0.15) is 47.4 Å². The molecule has 0 radical (unpaired) electrons. The third-order valence-corrected chi connectivity index (χ3v) is 4.27. The molecule has 0 spiro atoms. The van der Waals surface area contributed by atoms with E-state index in [2.05, 4.69) is 11.1 Å². The normalized spacial score (nSPS) is 10.9.